The first-order valence-electron chi connectivity index (χ1n) is 50.9. The van der Waals surface area contributed by atoms with Crippen molar-refractivity contribution in [3.05, 3.63) is 551 Å². The Morgan fingerprint density at radius 1 is 0.130 bits per heavy atom. The van der Waals surface area contributed by atoms with E-state index in [0.717, 1.165) is 0 Å². The molecule has 146 heavy (non-hydrogen) atoms. The zero-order valence-corrected chi connectivity index (χ0v) is 80.8. The van der Waals surface area contributed by atoms with E-state index in [-0.39, 0.29) is 5.41 Å². The second kappa shape index (κ2) is 34.9. The maximum absolute atomic E-state index is 2.44. The molecule has 29 aromatic rings. The van der Waals surface area contributed by atoms with Crippen LogP contribution in [0.2, 0.25) is 0 Å². The molecule has 0 amide bonds. The Morgan fingerprint density at radius 2 is 0.452 bits per heavy atom. The van der Waals surface area contributed by atoms with Crippen molar-refractivity contribution in [3.8, 4) is 117 Å². The monoisotopic (exact) mass is 1850 g/mol. The lowest BCUT2D eigenvalue weighted by molar-refractivity contribution is 0.660. The molecule has 0 saturated carbocycles. The van der Waals surface area contributed by atoms with Crippen LogP contribution in [-0.2, 0) is 5.41 Å². The van der Waals surface area contributed by atoms with Crippen molar-refractivity contribution in [1.29, 1.82) is 0 Å². The van der Waals surface area contributed by atoms with Crippen molar-refractivity contribution in [2.45, 2.75) is 19.3 Å². The minimum absolute atomic E-state index is 0.0192. The molecule has 0 aliphatic heterocycles. The molecule has 30 rings (SSSR count). The first kappa shape index (κ1) is 85.3. The van der Waals surface area contributed by atoms with Crippen molar-refractivity contribution >= 4 is 162 Å². The van der Waals surface area contributed by atoms with Crippen molar-refractivity contribution in [2.75, 3.05) is 0 Å². The van der Waals surface area contributed by atoms with Crippen LogP contribution in [0.4, 0.5) is 0 Å². The minimum Gasteiger partial charge on any atom is -0.309 e. The van der Waals surface area contributed by atoms with Crippen LogP contribution in [0.1, 0.15) is 25.0 Å². The van der Waals surface area contributed by atoms with E-state index in [1.165, 1.54) is 290 Å². The number of hydrogen-bond donors (Lipinski definition) is 0. The van der Waals surface area contributed by atoms with Crippen LogP contribution in [0.25, 0.3) is 279 Å². The molecule has 0 fully saturated rings. The smallest absolute Gasteiger partial charge is 0.0541 e. The SMILES string of the molecule is CC1(C)c2ccccc2-c2ccc(-c3cccc(-c4ccc5c6ccccc6c6c7ccccc7c7ccccc7c6c5c4)c3)cc21.c1ccc(-c2cc(-c3ccc4ccc5c6ccccc6ccc5c4c3)cc(-c3ccc4c(c3)c3ccccc3n4-c3ccccc3)c2)cc1.c1ccc(-c2cccc(-c3cc(-c4ccccc4)c4ccc(-c5cc6c7ccccc7c7ccccc7c6c6ccccc56)cc4c3)c2)cc1. The van der Waals surface area contributed by atoms with Gasteiger partial charge in [0.05, 0.1) is 11.0 Å². The highest BCUT2D eigenvalue weighted by molar-refractivity contribution is 6.40. The van der Waals surface area contributed by atoms with Gasteiger partial charge in [-0.05, 0) is 366 Å². The highest BCUT2D eigenvalue weighted by Crippen LogP contribution is 2.53. The zero-order chi connectivity index (χ0) is 96.6. The normalized spacial score (nSPS) is 12.2. The molecular weight excluding hydrogens is 1760 g/mol. The van der Waals surface area contributed by atoms with E-state index in [1.54, 1.807) is 0 Å². The fraction of sp³-hybridized carbons (Fsp3) is 0.0207. The molecule has 680 valence electrons. The summed E-state index contributed by atoms with van der Waals surface area (Å²) < 4.78 is 2.38. The van der Waals surface area contributed by atoms with Gasteiger partial charge in [-0.1, -0.05) is 451 Å². The molecule has 0 atom stereocenters. The van der Waals surface area contributed by atoms with Crippen LogP contribution in [-0.4, -0.2) is 4.57 Å². The second-order valence-corrected chi connectivity index (χ2v) is 39.9. The number of nitrogens with zero attached hydrogens (tertiary/aromatic N) is 1. The average Bonchev–Trinajstić information content (AvgIpc) is 0.814. The topological polar surface area (TPSA) is 4.93 Å². The molecule has 0 radical (unpaired) electrons. The third-order valence-corrected chi connectivity index (χ3v) is 31.4. The molecular formula is C145H95N. The number of aromatic nitrogens is 1. The molecule has 1 aliphatic rings. The van der Waals surface area contributed by atoms with Gasteiger partial charge in [-0.3, -0.25) is 0 Å². The maximum Gasteiger partial charge on any atom is 0.0541 e. The third kappa shape index (κ3) is 14.4. The lowest BCUT2D eigenvalue weighted by Crippen LogP contribution is -2.14. The van der Waals surface area contributed by atoms with Crippen molar-refractivity contribution < 1.29 is 0 Å². The first-order chi connectivity index (χ1) is 72.2. The van der Waals surface area contributed by atoms with Gasteiger partial charge in [0.1, 0.15) is 0 Å². The van der Waals surface area contributed by atoms with Gasteiger partial charge in [0.15, 0.2) is 0 Å². The van der Waals surface area contributed by atoms with Crippen LogP contribution in [0.15, 0.2) is 540 Å². The molecule has 1 aliphatic carbocycles. The Bertz CT molecular complexity index is 10400. The second-order valence-electron chi connectivity index (χ2n) is 39.9. The van der Waals surface area contributed by atoms with E-state index < -0.39 is 0 Å². The van der Waals surface area contributed by atoms with E-state index in [0.29, 0.717) is 0 Å². The summed E-state index contributed by atoms with van der Waals surface area (Å²) in [5, 5.41) is 36.2. The number of rotatable bonds is 10. The minimum atomic E-state index is -0.0192. The van der Waals surface area contributed by atoms with Gasteiger partial charge in [-0.2, -0.15) is 0 Å². The van der Waals surface area contributed by atoms with E-state index >= 15 is 0 Å². The predicted octanol–water partition coefficient (Wildman–Crippen LogP) is 40.5. The maximum atomic E-state index is 2.44. The molecule has 0 bridgehead atoms. The largest absolute Gasteiger partial charge is 0.309 e. The molecule has 0 spiro atoms. The third-order valence-electron chi connectivity index (χ3n) is 31.4. The molecule has 1 aromatic heterocycles. The van der Waals surface area contributed by atoms with Crippen LogP contribution >= 0.6 is 0 Å². The highest BCUT2D eigenvalue weighted by Gasteiger charge is 2.36. The summed E-state index contributed by atoms with van der Waals surface area (Å²) in [6.45, 7) is 4.71. The molecule has 0 N–H and O–H groups in total. The molecule has 1 heteroatoms. The number of fused-ring (bicyclic) bond motifs is 31. The van der Waals surface area contributed by atoms with Crippen molar-refractivity contribution in [2.24, 2.45) is 0 Å². The van der Waals surface area contributed by atoms with Crippen LogP contribution in [0, 0.1) is 0 Å². The summed E-state index contributed by atoms with van der Waals surface area (Å²) in [5.74, 6) is 0. The van der Waals surface area contributed by atoms with Gasteiger partial charge < -0.3 is 4.57 Å². The Balaban J connectivity index is 0.000000106. The zero-order valence-electron chi connectivity index (χ0n) is 80.8. The summed E-state index contributed by atoms with van der Waals surface area (Å²) in [7, 11) is 0. The summed E-state index contributed by atoms with van der Waals surface area (Å²) in [6.07, 6.45) is 0. The van der Waals surface area contributed by atoms with Gasteiger partial charge in [-0.25, -0.2) is 0 Å². The van der Waals surface area contributed by atoms with Crippen molar-refractivity contribution in [1.82, 2.24) is 4.57 Å². The number of hydrogen-bond acceptors (Lipinski definition) is 0. The fourth-order valence-corrected chi connectivity index (χ4v) is 24.4. The molecule has 1 nitrogen and oxygen atoms in total. The molecule has 0 unspecified atom stereocenters. The summed E-state index contributed by atoms with van der Waals surface area (Å²) in [4.78, 5) is 0. The average molecular weight is 1850 g/mol. The molecule has 28 aromatic carbocycles. The quantitative estimate of drug-likeness (QED) is 0.120. The van der Waals surface area contributed by atoms with Gasteiger partial charge in [0.25, 0.3) is 0 Å². The summed E-state index contributed by atoms with van der Waals surface area (Å²) >= 11 is 0. The Hall–Kier alpha value is -18.7. The van der Waals surface area contributed by atoms with Gasteiger partial charge in [0.2, 0.25) is 0 Å². The number of benzene rings is 28. The van der Waals surface area contributed by atoms with Gasteiger partial charge in [-0.15, -0.1) is 0 Å². The lowest BCUT2D eigenvalue weighted by Gasteiger charge is -2.22. The van der Waals surface area contributed by atoms with Crippen LogP contribution < -0.4 is 0 Å². The Labute approximate surface area is 847 Å². The van der Waals surface area contributed by atoms with Gasteiger partial charge >= 0.3 is 0 Å². The van der Waals surface area contributed by atoms with E-state index in [2.05, 4.69) is 558 Å². The summed E-state index contributed by atoms with van der Waals surface area (Å²) in [6, 6.07) is 199. The van der Waals surface area contributed by atoms with E-state index in [4.69, 9.17) is 0 Å². The Kier molecular flexibility index (Phi) is 20.4. The van der Waals surface area contributed by atoms with Gasteiger partial charge in [0, 0.05) is 21.9 Å². The Morgan fingerprint density at radius 3 is 1.08 bits per heavy atom. The van der Waals surface area contributed by atoms with Crippen LogP contribution in [0.5, 0.6) is 0 Å². The first-order valence-corrected chi connectivity index (χ1v) is 50.9. The standard InChI is InChI=1S/C50H32.C48H31N.C47H32/c1-3-14-33(15-4-1)35-18-13-19-36(28-35)38-30-39-29-37(26-27-40(39)47(31-38)34-16-5-2-6-17-34)48-32-49-43-22-8-7-20-41(43)42-21-9-11-24-45(42)50(49)46-25-12-10-23-44(46)48;1-3-11-32(12-4-1)37-27-38(35-20-19-34-22-24-42-41-16-8-7-13-33(41)21-25-43(42)45(34)30-35)29-39(28-37)36-23-26-48-46(31-36)44-17-9-10-18-47(44)49(48)40-14-5-2-6-15-40;1-47(2)43-21-10-9-17-37(43)38-25-23-32(28-44(38)47)30-13-11-12-29(26-30)31-22-24-36-35-16-5-7-19-40(35)45-39-18-6-3-14-33(39)34-15-4-8-20-41(34)46(45)42(36)27-31/h1-32H;1-31H;3-28H,1-2H3. The lowest BCUT2D eigenvalue weighted by atomic mass is 9.81. The van der Waals surface area contributed by atoms with Crippen molar-refractivity contribution in [3.63, 3.8) is 0 Å². The van der Waals surface area contributed by atoms with E-state index in [9.17, 15) is 0 Å². The highest BCUT2D eigenvalue weighted by atomic mass is 15.0. The summed E-state index contributed by atoms with van der Waals surface area (Å²) in [5.41, 5.74) is 31.2. The molecule has 1 heterocycles. The van der Waals surface area contributed by atoms with E-state index in [1.807, 2.05) is 0 Å². The number of para-hydroxylation sites is 2. The predicted molar refractivity (Wildman–Crippen MR) is 628 cm³/mol. The fourth-order valence-electron chi connectivity index (χ4n) is 24.4. The molecule has 0 saturated heterocycles. The van der Waals surface area contributed by atoms with Crippen LogP contribution in [0.3, 0.4) is 0 Å².